The average molecular weight is 277 g/mol. The molecule has 2 rings (SSSR count). The van der Waals surface area contributed by atoms with Gasteiger partial charge in [0.05, 0.1) is 6.10 Å². The Kier molecular flexibility index (Phi) is 4.95. The Balaban J connectivity index is 1.86. The van der Waals surface area contributed by atoms with Crippen molar-refractivity contribution in [2.24, 2.45) is 0 Å². The maximum atomic E-state index is 12.2. The highest BCUT2D eigenvalue weighted by Gasteiger charge is 2.25. The first-order chi connectivity index (χ1) is 9.58. The normalized spacial score (nSPS) is 17.4. The van der Waals surface area contributed by atoms with Gasteiger partial charge in [-0.1, -0.05) is 0 Å². The molecule has 1 saturated heterocycles. The van der Waals surface area contributed by atoms with Crippen LogP contribution in [0.2, 0.25) is 0 Å². The van der Waals surface area contributed by atoms with Gasteiger partial charge in [-0.2, -0.15) is 0 Å². The van der Waals surface area contributed by atoms with Crippen molar-refractivity contribution < 1.29 is 9.53 Å². The van der Waals surface area contributed by atoms with E-state index in [-0.39, 0.29) is 18.1 Å². The van der Waals surface area contributed by atoms with Gasteiger partial charge in [-0.25, -0.2) is 0 Å². The van der Waals surface area contributed by atoms with Crippen LogP contribution in [-0.2, 0) is 9.53 Å². The zero-order valence-electron chi connectivity index (χ0n) is 12.5. The number of anilines is 1. The van der Waals surface area contributed by atoms with Gasteiger partial charge in [-0.15, -0.1) is 0 Å². The predicted molar refractivity (Wildman–Crippen MR) is 78.7 cm³/mol. The molecule has 0 radical (unpaired) electrons. The number of piperazine rings is 1. The summed E-state index contributed by atoms with van der Waals surface area (Å²) in [4.78, 5) is 20.4. The molecule has 2 heterocycles. The van der Waals surface area contributed by atoms with Crippen molar-refractivity contribution >= 4 is 11.6 Å². The van der Waals surface area contributed by atoms with E-state index in [0.29, 0.717) is 0 Å². The average Bonchev–Trinajstić information content (AvgIpc) is 2.47. The van der Waals surface area contributed by atoms with Gasteiger partial charge in [0.2, 0.25) is 0 Å². The van der Waals surface area contributed by atoms with Crippen LogP contribution in [0, 0.1) is 0 Å². The molecule has 0 aromatic carbocycles. The number of hydrogen-bond acceptors (Lipinski definition) is 4. The summed E-state index contributed by atoms with van der Waals surface area (Å²) in [5.74, 6) is 0.0908. The first kappa shape index (κ1) is 14.8. The molecule has 0 aliphatic carbocycles. The van der Waals surface area contributed by atoms with Crippen molar-refractivity contribution in [3.05, 3.63) is 24.5 Å². The predicted octanol–water partition coefficient (Wildman–Crippen LogP) is 1.54. The largest absolute Gasteiger partial charge is 0.368 e. The number of pyridine rings is 1. The van der Waals surface area contributed by atoms with Crippen LogP contribution in [0.25, 0.3) is 0 Å². The number of ether oxygens (including phenoxy) is 1. The lowest BCUT2D eigenvalue weighted by molar-refractivity contribution is -0.145. The SMILES string of the molecule is CC(C)O[C@H](C)C(=O)N1CCN(c2ccncc2)CC1. The molecule has 1 aliphatic rings. The molecule has 1 aliphatic heterocycles. The number of hydrogen-bond donors (Lipinski definition) is 0. The van der Waals surface area contributed by atoms with Crippen molar-refractivity contribution in [1.29, 1.82) is 0 Å². The van der Waals surface area contributed by atoms with Crippen LogP contribution in [0.5, 0.6) is 0 Å². The van der Waals surface area contributed by atoms with Crippen LogP contribution < -0.4 is 4.90 Å². The molecule has 20 heavy (non-hydrogen) atoms. The standard InChI is InChI=1S/C15H23N3O2/c1-12(2)20-13(3)15(19)18-10-8-17(9-11-18)14-4-6-16-7-5-14/h4-7,12-13H,8-11H2,1-3H3/t13-/m1/s1. The summed E-state index contributed by atoms with van der Waals surface area (Å²) in [5, 5.41) is 0. The second-order valence-corrected chi connectivity index (χ2v) is 5.34. The maximum Gasteiger partial charge on any atom is 0.251 e. The Morgan fingerprint density at radius 2 is 1.75 bits per heavy atom. The summed E-state index contributed by atoms with van der Waals surface area (Å²) in [6.07, 6.45) is 3.31. The Hall–Kier alpha value is -1.62. The summed E-state index contributed by atoms with van der Waals surface area (Å²) < 4.78 is 5.56. The number of carbonyl (C=O) groups excluding carboxylic acids is 1. The molecule has 1 aromatic heterocycles. The monoisotopic (exact) mass is 277 g/mol. The van der Waals surface area contributed by atoms with Crippen LogP contribution >= 0.6 is 0 Å². The van der Waals surface area contributed by atoms with E-state index in [2.05, 4.69) is 9.88 Å². The molecular formula is C15H23N3O2. The van der Waals surface area contributed by atoms with Gasteiger partial charge < -0.3 is 14.5 Å². The van der Waals surface area contributed by atoms with E-state index in [4.69, 9.17) is 4.74 Å². The van der Waals surface area contributed by atoms with Gasteiger partial charge >= 0.3 is 0 Å². The molecule has 0 spiro atoms. The third-order valence-corrected chi connectivity index (χ3v) is 3.44. The summed E-state index contributed by atoms with van der Waals surface area (Å²) in [5.41, 5.74) is 1.17. The van der Waals surface area contributed by atoms with E-state index < -0.39 is 0 Å². The second kappa shape index (κ2) is 6.70. The fourth-order valence-electron chi connectivity index (χ4n) is 2.46. The maximum absolute atomic E-state index is 12.2. The Morgan fingerprint density at radius 3 is 2.30 bits per heavy atom. The number of nitrogens with zero attached hydrogens (tertiary/aromatic N) is 3. The van der Waals surface area contributed by atoms with Gasteiger partial charge in [0.25, 0.3) is 5.91 Å². The van der Waals surface area contributed by atoms with Gasteiger partial charge in [-0.05, 0) is 32.9 Å². The fraction of sp³-hybridized carbons (Fsp3) is 0.600. The summed E-state index contributed by atoms with van der Waals surface area (Å²) in [6.45, 7) is 8.92. The minimum atomic E-state index is -0.359. The lowest BCUT2D eigenvalue weighted by atomic mass is 10.2. The van der Waals surface area contributed by atoms with Crippen LogP contribution in [0.3, 0.4) is 0 Å². The van der Waals surface area contributed by atoms with Crippen LogP contribution in [0.4, 0.5) is 5.69 Å². The summed E-state index contributed by atoms with van der Waals surface area (Å²) >= 11 is 0. The molecule has 5 heteroatoms. The van der Waals surface area contributed by atoms with Gasteiger partial charge in [-0.3, -0.25) is 9.78 Å². The first-order valence-electron chi connectivity index (χ1n) is 7.17. The molecule has 0 N–H and O–H groups in total. The van der Waals surface area contributed by atoms with E-state index in [0.717, 1.165) is 26.2 Å². The van der Waals surface area contributed by atoms with E-state index in [1.165, 1.54) is 5.69 Å². The number of aromatic nitrogens is 1. The molecule has 1 atom stereocenters. The lowest BCUT2D eigenvalue weighted by Gasteiger charge is -2.37. The van der Waals surface area contributed by atoms with E-state index in [1.807, 2.05) is 37.8 Å². The third-order valence-electron chi connectivity index (χ3n) is 3.44. The quantitative estimate of drug-likeness (QED) is 0.837. The number of carbonyl (C=O) groups is 1. The molecule has 1 amide bonds. The van der Waals surface area contributed by atoms with Crippen LogP contribution in [-0.4, -0.2) is 54.2 Å². The van der Waals surface area contributed by atoms with Crippen molar-refractivity contribution in [1.82, 2.24) is 9.88 Å². The van der Waals surface area contributed by atoms with Crippen molar-refractivity contribution in [2.75, 3.05) is 31.1 Å². The van der Waals surface area contributed by atoms with E-state index in [9.17, 15) is 4.79 Å². The zero-order chi connectivity index (χ0) is 14.5. The van der Waals surface area contributed by atoms with Crippen LogP contribution in [0.15, 0.2) is 24.5 Å². The van der Waals surface area contributed by atoms with Gasteiger partial charge in [0.1, 0.15) is 6.10 Å². The topological polar surface area (TPSA) is 45.7 Å². The number of rotatable bonds is 4. The lowest BCUT2D eigenvalue weighted by Crippen LogP contribution is -2.51. The van der Waals surface area contributed by atoms with E-state index in [1.54, 1.807) is 12.4 Å². The van der Waals surface area contributed by atoms with Crippen molar-refractivity contribution in [3.8, 4) is 0 Å². The Morgan fingerprint density at radius 1 is 1.15 bits per heavy atom. The molecule has 5 nitrogen and oxygen atoms in total. The first-order valence-corrected chi connectivity index (χ1v) is 7.17. The van der Waals surface area contributed by atoms with Crippen LogP contribution in [0.1, 0.15) is 20.8 Å². The fourth-order valence-corrected chi connectivity index (χ4v) is 2.46. The molecular weight excluding hydrogens is 254 g/mol. The molecule has 0 unspecified atom stereocenters. The minimum absolute atomic E-state index is 0.0760. The third kappa shape index (κ3) is 3.70. The second-order valence-electron chi connectivity index (χ2n) is 5.34. The number of amides is 1. The van der Waals surface area contributed by atoms with Crippen molar-refractivity contribution in [2.45, 2.75) is 33.0 Å². The summed E-state index contributed by atoms with van der Waals surface area (Å²) in [7, 11) is 0. The molecule has 0 saturated carbocycles. The Bertz CT molecular complexity index is 428. The molecule has 0 bridgehead atoms. The van der Waals surface area contributed by atoms with E-state index >= 15 is 0 Å². The van der Waals surface area contributed by atoms with Crippen molar-refractivity contribution in [3.63, 3.8) is 0 Å². The van der Waals surface area contributed by atoms with Gasteiger partial charge in [0, 0.05) is 44.3 Å². The highest BCUT2D eigenvalue weighted by Crippen LogP contribution is 2.15. The molecule has 1 fully saturated rings. The smallest absolute Gasteiger partial charge is 0.251 e. The minimum Gasteiger partial charge on any atom is -0.368 e. The highest BCUT2D eigenvalue weighted by molar-refractivity contribution is 5.80. The summed E-state index contributed by atoms with van der Waals surface area (Å²) in [6, 6.07) is 4.00. The van der Waals surface area contributed by atoms with Gasteiger partial charge in [0.15, 0.2) is 0 Å². The highest BCUT2D eigenvalue weighted by atomic mass is 16.5. The Labute approximate surface area is 120 Å². The molecule has 1 aromatic rings. The zero-order valence-corrected chi connectivity index (χ0v) is 12.5. The molecule has 110 valence electrons.